The molecule has 0 bridgehead atoms. The normalized spacial score (nSPS) is 15.2. The van der Waals surface area contributed by atoms with Crippen LogP contribution in [0.25, 0.3) is 0 Å². The maximum atomic E-state index is 12.4. The van der Waals surface area contributed by atoms with Crippen molar-refractivity contribution in [2.24, 2.45) is 0 Å². The molecule has 116 valence electrons. The van der Waals surface area contributed by atoms with Gasteiger partial charge in [-0.1, -0.05) is 6.07 Å². The van der Waals surface area contributed by atoms with Crippen LogP contribution >= 0.6 is 11.3 Å². The Balaban J connectivity index is 1.57. The molecule has 1 aliphatic rings. The molecule has 0 atom stereocenters. The predicted octanol–water partition coefficient (Wildman–Crippen LogP) is 2.05. The number of thiazole rings is 1. The molecular weight excluding hydrogens is 296 g/mol. The highest BCUT2D eigenvalue weighted by Gasteiger charge is 2.22. The van der Waals surface area contributed by atoms with Crippen molar-refractivity contribution in [2.75, 3.05) is 31.1 Å². The van der Waals surface area contributed by atoms with Gasteiger partial charge in [-0.05, 0) is 26.0 Å². The van der Waals surface area contributed by atoms with E-state index in [1.165, 1.54) is 0 Å². The smallest absolute Gasteiger partial charge is 0.228 e. The summed E-state index contributed by atoms with van der Waals surface area (Å²) >= 11 is 1.63. The van der Waals surface area contributed by atoms with Crippen LogP contribution in [0.4, 0.5) is 5.82 Å². The maximum absolute atomic E-state index is 12.4. The van der Waals surface area contributed by atoms with Crippen LogP contribution in [-0.4, -0.2) is 47.0 Å². The Bertz CT molecular complexity index is 647. The highest BCUT2D eigenvalue weighted by Crippen LogP contribution is 2.19. The highest BCUT2D eigenvalue weighted by atomic mass is 32.1. The molecule has 1 fully saturated rings. The summed E-state index contributed by atoms with van der Waals surface area (Å²) in [5.41, 5.74) is 0.989. The minimum atomic E-state index is 0.201. The van der Waals surface area contributed by atoms with Gasteiger partial charge in [0.15, 0.2) is 0 Å². The number of pyridine rings is 1. The number of piperazine rings is 1. The Morgan fingerprint density at radius 2 is 2.00 bits per heavy atom. The first kappa shape index (κ1) is 15.0. The molecule has 0 aliphatic carbocycles. The summed E-state index contributed by atoms with van der Waals surface area (Å²) in [4.78, 5) is 26.5. The third kappa shape index (κ3) is 3.27. The van der Waals surface area contributed by atoms with Gasteiger partial charge in [-0.3, -0.25) is 4.79 Å². The zero-order chi connectivity index (χ0) is 15.5. The SMILES string of the molecule is Cc1nc(C)c(CC(=O)N2CCN(c3ccccn3)CC2)s1. The number of hydrogen-bond acceptors (Lipinski definition) is 5. The number of aromatic nitrogens is 2. The largest absolute Gasteiger partial charge is 0.353 e. The lowest BCUT2D eigenvalue weighted by atomic mass is 10.2. The molecule has 1 saturated heterocycles. The number of aryl methyl sites for hydroxylation is 2. The van der Waals surface area contributed by atoms with Gasteiger partial charge in [0.05, 0.1) is 17.1 Å². The van der Waals surface area contributed by atoms with Gasteiger partial charge >= 0.3 is 0 Å². The van der Waals surface area contributed by atoms with Crippen molar-refractivity contribution in [2.45, 2.75) is 20.3 Å². The first-order chi connectivity index (χ1) is 10.6. The van der Waals surface area contributed by atoms with E-state index in [0.717, 1.165) is 47.6 Å². The number of nitrogens with zero attached hydrogens (tertiary/aromatic N) is 4. The Labute approximate surface area is 134 Å². The van der Waals surface area contributed by atoms with Crippen LogP contribution in [0.2, 0.25) is 0 Å². The molecule has 0 radical (unpaired) electrons. The van der Waals surface area contributed by atoms with E-state index in [4.69, 9.17) is 0 Å². The fourth-order valence-electron chi connectivity index (χ4n) is 2.71. The fourth-order valence-corrected chi connectivity index (χ4v) is 3.64. The van der Waals surface area contributed by atoms with Crippen molar-refractivity contribution < 1.29 is 4.79 Å². The molecule has 0 N–H and O–H groups in total. The number of anilines is 1. The summed E-state index contributed by atoms with van der Waals surface area (Å²) in [5, 5.41) is 1.03. The number of carbonyl (C=O) groups is 1. The van der Waals surface area contributed by atoms with E-state index < -0.39 is 0 Å². The van der Waals surface area contributed by atoms with Crippen LogP contribution in [0.15, 0.2) is 24.4 Å². The number of carbonyl (C=O) groups excluding carboxylic acids is 1. The van der Waals surface area contributed by atoms with Gasteiger partial charge in [-0.15, -0.1) is 11.3 Å². The van der Waals surface area contributed by atoms with Gasteiger partial charge < -0.3 is 9.80 Å². The molecule has 1 aliphatic heterocycles. The molecule has 0 spiro atoms. The van der Waals surface area contributed by atoms with Crippen LogP contribution in [0.5, 0.6) is 0 Å². The molecule has 2 aromatic heterocycles. The molecule has 6 heteroatoms. The lowest BCUT2D eigenvalue weighted by molar-refractivity contribution is -0.130. The van der Waals surface area contributed by atoms with Crippen molar-refractivity contribution in [1.29, 1.82) is 0 Å². The molecule has 0 unspecified atom stereocenters. The zero-order valence-electron chi connectivity index (χ0n) is 13.0. The van der Waals surface area contributed by atoms with Crippen molar-refractivity contribution in [3.05, 3.63) is 40.0 Å². The van der Waals surface area contributed by atoms with Gasteiger partial charge in [0.25, 0.3) is 0 Å². The lowest BCUT2D eigenvalue weighted by Crippen LogP contribution is -2.49. The van der Waals surface area contributed by atoms with Gasteiger partial charge in [0.1, 0.15) is 5.82 Å². The average Bonchev–Trinajstić information content (AvgIpc) is 2.86. The molecule has 3 rings (SSSR count). The van der Waals surface area contributed by atoms with Gasteiger partial charge in [0, 0.05) is 37.3 Å². The third-order valence-electron chi connectivity index (χ3n) is 3.92. The van der Waals surface area contributed by atoms with E-state index in [0.29, 0.717) is 6.42 Å². The third-order valence-corrected chi connectivity index (χ3v) is 4.99. The van der Waals surface area contributed by atoms with Crippen molar-refractivity contribution in [3.63, 3.8) is 0 Å². The summed E-state index contributed by atoms with van der Waals surface area (Å²) in [6.45, 7) is 7.15. The number of amides is 1. The van der Waals surface area contributed by atoms with E-state index in [9.17, 15) is 4.79 Å². The Morgan fingerprint density at radius 3 is 2.59 bits per heavy atom. The number of rotatable bonds is 3. The molecule has 5 nitrogen and oxygen atoms in total. The van der Waals surface area contributed by atoms with Crippen LogP contribution in [0.3, 0.4) is 0 Å². The molecule has 1 amide bonds. The Hall–Kier alpha value is -1.95. The summed E-state index contributed by atoms with van der Waals surface area (Å²) in [6.07, 6.45) is 2.28. The second-order valence-electron chi connectivity index (χ2n) is 5.47. The molecule has 0 saturated carbocycles. The minimum Gasteiger partial charge on any atom is -0.353 e. The van der Waals surface area contributed by atoms with Crippen LogP contribution in [0, 0.1) is 13.8 Å². The second-order valence-corrected chi connectivity index (χ2v) is 6.76. The van der Waals surface area contributed by atoms with Crippen LogP contribution < -0.4 is 4.90 Å². The van der Waals surface area contributed by atoms with E-state index in [-0.39, 0.29) is 5.91 Å². The second kappa shape index (κ2) is 6.44. The molecule has 3 heterocycles. The van der Waals surface area contributed by atoms with E-state index in [1.807, 2.05) is 43.1 Å². The van der Waals surface area contributed by atoms with Gasteiger partial charge in [0.2, 0.25) is 5.91 Å². The van der Waals surface area contributed by atoms with E-state index in [2.05, 4.69) is 14.9 Å². The Morgan fingerprint density at radius 1 is 1.23 bits per heavy atom. The summed E-state index contributed by atoms with van der Waals surface area (Å²) in [6, 6.07) is 5.93. The fraction of sp³-hybridized carbons (Fsp3) is 0.438. The number of hydrogen-bond donors (Lipinski definition) is 0. The zero-order valence-corrected chi connectivity index (χ0v) is 13.8. The van der Waals surface area contributed by atoms with Gasteiger partial charge in [-0.25, -0.2) is 9.97 Å². The first-order valence-electron chi connectivity index (χ1n) is 7.50. The van der Waals surface area contributed by atoms with Crippen molar-refractivity contribution >= 4 is 23.1 Å². The minimum absolute atomic E-state index is 0.201. The standard InChI is InChI=1S/C16H20N4OS/c1-12-14(22-13(2)18-12)11-16(21)20-9-7-19(8-10-20)15-5-3-4-6-17-15/h3-6H,7-11H2,1-2H3. The maximum Gasteiger partial charge on any atom is 0.228 e. The Kier molecular flexibility index (Phi) is 4.38. The van der Waals surface area contributed by atoms with Crippen LogP contribution in [-0.2, 0) is 11.2 Å². The molecule has 22 heavy (non-hydrogen) atoms. The van der Waals surface area contributed by atoms with Gasteiger partial charge in [-0.2, -0.15) is 0 Å². The van der Waals surface area contributed by atoms with E-state index >= 15 is 0 Å². The summed E-state index contributed by atoms with van der Waals surface area (Å²) in [5.74, 6) is 1.19. The topological polar surface area (TPSA) is 49.3 Å². The lowest BCUT2D eigenvalue weighted by Gasteiger charge is -2.35. The molecule has 0 aromatic carbocycles. The van der Waals surface area contributed by atoms with E-state index in [1.54, 1.807) is 11.3 Å². The average molecular weight is 316 g/mol. The van der Waals surface area contributed by atoms with Crippen molar-refractivity contribution in [3.8, 4) is 0 Å². The van der Waals surface area contributed by atoms with Crippen molar-refractivity contribution in [1.82, 2.24) is 14.9 Å². The van der Waals surface area contributed by atoms with Crippen LogP contribution in [0.1, 0.15) is 15.6 Å². The predicted molar refractivity (Wildman–Crippen MR) is 88.3 cm³/mol. The monoisotopic (exact) mass is 316 g/mol. The first-order valence-corrected chi connectivity index (χ1v) is 8.32. The highest BCUT2D eigenvalue weighted by molar-refractivity contribution is 7.11. The summed E-state index contributed by atoms with van der Waals surface area (Å²) in [7, 11) is 0. The quantitative estimate of drug-likeness (QED) is 0.869. The summed E-state index contributed by atoms with van der Waals surface area (Å²) < 4.78 is 0. The molecule has 2 aromatic rings. The molecular formula is C16H20N4OS.